The Morgan fingerprint density at radius 1 is 0.347 bits per heavy atom. The minimum absolute atomic E-state index is 0.565. The fourth-order valence-electron chi connectivity index (χ4n) is 6.50. The van der Waals surface area contributed by atoms with Crippen molar-refractivity contribution in [2.24, 2.45) is 18.1 Å². The summed E-state index contributed by atoms with van der Waals surface area (Å²) in [6.45, 7) is 1.42. The van der Waals surface area contributed by atoms with E-state index in [1.54, 1.807) is 0 Å². The normalized spacial score (nSPS) is 15.3. The molecule has 296 valence electrons. The third-order valence-electron chi connectivity index (χ3n) is 7.84. The van der Waals surface area contributed by atoms with Gasteiger partial charge in [-0.1, -0.05) is 0 Å². The second-order valence-electron chi connectivity index (χ2n) is 14.1. The van der Waals surface area contributed by atoms with Gasteiger partial charge in [0.15, 0.2) is 0 Å². The Bertz CT molecular complexity index is 1050. The van der Waals surface area contributed by atoms with Gasteiger partial charge < -0.3 is 0 Å². The van der Waals surface area contributed by atoms with Crippen molar-refractivity contribution in [2.75, 3.05) is 169 Å². The van der Waals surface area contributed by atoms with Crippen molar-refractivity contribution in [3.05, 3.63) is 0 Å². The van der Waals surface area contributed by atoms with E-state index in [1.165, 1.54) is 6.92 Å². The summed E-state index contributed by atoms with van der Waals surface area (Å²) < 4.78 is 56.4. The quantitative estimate of drug-likeness (QED) is 0.180. The van der Waals surface area contributed by atoms with Crippen LogP contribution >= 0.6 is 37.5 Å². The topological polar surface area (TPSA) is 115 Å². The molecule has 0 bridgehead atoms. The van der Waals surface area contributed by atoms with Crippen molar-refractivity contribution in [1.29, 1.82) is 0 Å². The van der Waals surface area contributed by atoms with Crippen LogP contribution in [0.5, 0.6) is 0 Å². The van der Waals surface area contributed by atoms with Crippen LogP contribution in [-0.4, -0.2) is 231 Å². The number of carbonyl (C=O) groups is 1. The second kappa shape index (κ2) is 17.7. The first-order valence-electron chi connectivity index (χ1n) is 15.8. The molecule has 0 heterocycles. The van der Waals surface area contributed by atoms with Crippen LogP contribution in [0.25, 0.3) is 0 Å². The van der Waals surface area contributed by atoms with Crippen LogP contribution in [-0.2, 0) is 9.32 Å². The van der Waals surface area contributed by atoms with Crippen LogP contribution in [0.15, 0.2) is 18.1 Å². The Labute approximate surface area is 302 Å². The van der Waals surface area contributed by atoms with Gasteiger partial charge in [-0.2, -0.15) is 0 Å². The molecule has 0 spiro atoms. The monoisotopic (exact) mass is 798 g/mol. The van der Waals surface area contributed by atoms with Crippen LogP contribution < -0.4 is 0 Å². The molecule has 0 aromatic rings. The summed E-state index contributed by atoms with van der Waals surface area (Å²) in [6, 6.07) is 0. The zero-order valence-corrected chi connectivity index (χ0v) is 40.2. The fourth-order valence-corrected chi connectivity index (χ4v) is 33.3. The summed E-state index contributed by atoms with van der Waals surface area (Å²) in [7, 11) is 30.7. The number of hydrogen-bond acceptors (Lipinski definition) is 6. The molecule has 0 saturated carbocycles. The van der Waals surface area contributed by atoms with E-state index >= 15 is 0 Å². The van der Waals surface area contributed by atoms with Crippen LogP contribution in [0.3, 0.4) is 0 Å². The fraction of sp³-hybridized carbons (Fsp3) is 0.962. The van der Waals surface area contributed by atoms with Crippen molar-refractivity contribution in [3.8, 4) is 0 Å². The molecule has 0 atom stereocenters. The Morgan fingerprint density at radius 3 is 0.551 bits per heavy atom. The van der Waals surface area contributed by atoms with Gasteiger partial charge in [0.05, 0.1) is 0 Å². The molecular weight excluding hydrogens is 723 g/mol. The molecule has 0 unspecified atom stereocenters. The van der Waals surface area contributed by atoms with Crippen molar-refractivity contribution in [1.82, 2.24) is 56.0 Å². The number of carbonyl (C=O) groups excluding carboxylic acids is 1. The van der Waals surface area contributed by atoms with Gasteiger partial charge >= 0.3 is 303 Å². The molecule has 18 nitrogen and oxygen atoms in total. The number of nitrogens with zero attached hydrogens (tertiary/aromatic N) is 16. The molecule has 0 aliphatic carbocycles. The maximum atomic E-state index is 14.1. The van der Waals surface area contributed by atoms with Gasteiger partial charge in [0, 0.05) is 0 Å². The molecule has 0 aliphatic heterocycles. The predicted octanol–water partition coefficient (Wildman–Crippen LogP) is 5.20. The Morgan fingerprint density at radius 2 is 0.469 bits per heavy atom. The zero-order chi connectivity index (χ0) is 39.5. The molecule has 0 saturated heterocycles. The first kappa shape index (κ1) is 49.3. The average molecular weight is 799 g/mol. The SMILES string of the molecule is CC(=O)OP(N=P(N(C)C)(N(C)C)N(C)C)(N=P(N(C)C)(N(C)C)N(C)C)(N=P(N(C)C)(N(C)C)N(C)C)N=P(N(C)C)(N(C)C)N(C)C. The average Bonchev–Trinajstić information content (AvgIpc) is 2.90. The van der Waals surface area contributed by atoms with Crippen molar-refractivity contribution < 1.29 is 9.32 Å². The first-order chi connectivity index (χ1) is 21.9. The molecule has 0 aliphatic rings. The predicted molar refractivity (Wildman–Crippen MR) is 220 cm³/mol. The van der Waals surface area contributed by atoms with E-state index in [2.05, 4.69) is 56.0 Å². The molecule has 0 rings (SSSR count). The van der Waals surface area contributed by atoms with Crippen molar-refractivity contribution in [2.45, 2.75) is 6.92 Å². The van der Waals surface area contributed by atoms with E-state index in [-0.39, 0.29) is 0 Å². The van der Waals surface area contributed by atoms with Crippen molar-refractivity contribution in [3.63, 3.8) is 0 Å². The summed E-state index contributed by atoms with van der Waals surface area (Å²) in [5.41, 5.74) is 0. The molecule has 23 heteroatoms. The minimum atomic E-state index is -5.41. The van der Waals surface area contributed by atoms with Gasteiger partial charge in [-0.05, 0) is 0 Å². The molecule has 0 fully saturated rings. The van der Waals surface area contributed by atoms with Crippen molar-refractivity contribution >= 4 is 43.4 Å². The zero-order valence-electron chi connectivity index (χ0n) is 35.7. The van der Waals surface area contributed by atoms with E-state index in [1.807, 2.05) is 169 Å². The van der Waals surface area contributed by atoms with Crippen LogP contribution in [0.4, 0.5) is 0 Å². The first-order valence-corrected chi connectivity index (χ1v) is 24.2. The molecule has 0 amide bonds. The summed E-state index contributed by atoms with van der Waals surface area (Å²) in [4.78, 5) is 14.1. The molecule has 0 aromatic heterocycles. The van der Waals surface area contributed by atoms with Gasteiger partial charge in [0.2, 0.25) is 0 Å². The number of hydrogen-bond donors (Lipinski definition) is 0. The third-order valence-corrected chi connectivity index (χ3v) is 30.1. The van der Waals surface area contributed by atoms with Crippen LogP contribution in [0, 0.1) is 0 Å². The molecular formula is C26H75N16O2P5. The molecule has 0 radical (unpaired) electrons. The summed E-state index contributed by atoms with van der Waals surface area (Å²) >= 11 is 0. The molecule has 0 N–H and O–H groups in total. The molecule has 0 aromatic carbocycles. The summed E-state index contributed by atoms with van der Waals surface area (Å²) in [5.74, 6) is -0.565. The van der Waals surface area contributed by atoms with Gasteiger partial charge in [0.25, 0.3) is 0 Å². The van der Waals surface area contributed by atoms with Gasteiger partial charge in [-0.3, -0.25) is 0 Å². The van der Waals surface area contributed by atoms with Crippen LogP contribution in [0.1, 0.15) is 6.92 Å². The van der Waals surface area contributed by atoms with E-state index in [0.29, 0.717) is 0 Å². The maximum absolute atomic E-state index is 14.1. The third kappa shape index (κ3) is 9.18. The van der Waals surface area contributed by atoms with Gasteiger partial charge in [-0.15, -0.1) is 0 Å². The standard InChI is InChI=1S/C26H75N16O2P5/c1-26(43)44-49(27-45(31(2)3,32(4)5)33(6)7,28-46(34(8)9,35(10)11)36(12)13,29-47(37(14)15,38(16)17)39(18)19)30-48(40(20)21,41(22)23)42(24)25/h1-25H3. The second-order valence-corrected chi connectivity index (χ2v) is 32.8. The Kier molecular flexibility index (Phi) is 17.8. The van der Waals surface area contributed by atoms with E-state index < -0.39 is 43.4 Å². The summed E-state index contributed by atoms with van der Waals surface area (Å²) in [6.07, 6.45) is 0. The molecule has 49 heavy (non-hydrogen) atoms. The van der Waals surface area contributed by atoms with Gasteiger partial charge in [-0.25, -0.2) is 0 Å². The Balaban J connectivity index is 11.2. The van der Waals surface area contributed by atoms with Crippen LogP contribution in [0.2, 0.25) is 0 Å². The van der Waals surface area contributed by atoms with E-state index in [0.717, 1.165) is 0 Å². The van der Waals surface area contributed by atoms with E-state index in [9.17, 15) is 4.79 Å². The Hall–Kier alpha value is 0.340. The van der Waals surface area contributed by atoms with Gasteiger partial charge in [0.1, 0.15) is 0 Å². The number of rotatable bonds is 17. The van der Waals surface area contributed by atoms with E-state index in [4.69, 9.17) is 22.6 Å². The summed E-state index contributed by atoms with van der Waals surface area (Å²) in [5, 5.41) is 0.